The predicted molar refractivity (Wildman–Crippen MR) is 58.2 cm³/mol. The van der Waals surface area contributed by atoms with E-state index in [1.54, 1.807) is 0 Å². The molecule has 0 amide bonds. The highest BCUT2D eigenvalue weighted by Crippen LogP contribution is 2.59. The van der Waals surface area contributed by atoms with E-state index in [-0.39, 0.29) is 11.8 Å². The first-order valence-electron chi connectivity index (χ1n) is 5.89. The number of benzene rings is 1. The second-order valence-electron chi connectivity index (χ2n) is 5.07. The fourth-order valence-electron chi connectivity index (χ4n) is 3.07. The van der Waals surface area contributed by atoms with E-state index >= 15 is 0 Å². The van der Waals surface area contributed by atoms with Gasteiger partial charge in [0.15, 0.2) is 0 Å². The van der Waals surface area contributed by atoms with Crippen molar-refractivity contribution in [2.45, 2.75) is 12.7 Å². The molecule has 17 heavy (non-hydrogen) atoms. The van der Waals surface area contributed by atoms with E-state index in [1.807, 2.05) is 30.3 Å². The van der Waals surface area contributed by atoms with Gasteiger partial charge in [0, 0.05) is 19.6 Å². The molecule has 3 rings (SSSR count). The third kappa shape index (κ3) is 2.06. The average molecular weight is 241 g/mol. The highest BCUT2D eigenvalue weighted by atomic mass is 19.4. The van der Waals surface area contributed by atoms with Gasteiger partial charge >= 0.3 is 6.18 Å². The van der Waals surface area contributed by atoms with Gasteiger partial charge in [0.05, 0.1) is 5.92 Å². The van der Waals surface area contributed by atoms with E-state index < -0.39 is 12.1 Å². The minimum Gasteiger partial charge on any atom is -0.298 e. The highest BCUT2D eigenvalue weighted by molar-refractivity contribution is 5.16. The van der Waals surface area contributed by atoms with Crippen molar-refractivity contribution in [3.05, 3.63) is 35.9 Å². The maximum absolute atomic E-state index is 12.5. The van der Waals surface area contributed by atoms with Crippen molar-refractivity contribution < 1.29 is 13.2 Å². The molecule has 0 aromatic heterocycles. The van der Waals surface area contributed by atoms with Crippen LogP contribution in [0, 0.1) is 17.8 Å². The fraction of sp³-hybridized carbons (Fsp3) is 0.538. The zero-order chi connectivity index (χ0) is 12.0. The first-order chi connectivity index (χ1) is 8.05. The van der Waals surface area contributed by atoms with Gasteiger partial charge in [-0.15, -0.1) is 0 Å². The van der Waals surface area contributed by atoms with Crippen LogP contribution in [0.4, 0.5) is 13.2 Å². The van der Waals surface area contributed by atoms with Gasteiger partial charge in [0.2, 0.25) is 0 Å². The Morgan fingerprint density at radius 2 is 1.65 bits per heavy atom. The van der Waals surface area contributed by atoms with E-state index in [0.717, 1.165) is 6.54 Å². The Morgan fingerprint density at radius 1 is 1.06 bits per heavy atom. The minimum absolute atomic E-state index is 0.140. The van der Waals surface area contributed by atoms with Crippen LogP contribution in [0.3, 0.4) is 0 Å². The number of nitrogens with zero attached hydrogens (tertiary/aromatic N) is 1. The molecule has 1 saturated carbocycles. The van der Waals surface area contributed by atoms with Gasteiger partial charge in [0.1, 0.15) is 0 Å². The molecule has 1 aliphatic heterocycles. The number of rotatable bonds is 2. The van der Waals surface area contributed by atoms with Gasteiger partial charge in [-0.3, -0.25) is 4.90 Å². The van der Waals surface area contributed by atoms with Crippen LogP contribution in [-0.2, 0) is 6.54 Å². The standard InChI is InChI=1S/C13H14F3N/c14-13(15,16)12-10-7-17(8-11(10)12)6-9-4-2-1-3-5-9/h1-5,10-12H,6-8H2. The van der Waals surface area contributed by atoms with Crippen molar-refractivity contribution in [3.8, 4) is 0 Å². The summed E-state index contributed by atoms with van der Waals surface area (Å²) in [5, 5.41) is 0. The number of hydrogen-bond donors (Lipinski definition) is 0. The lowest BCUT2D eigenvalue weighted by Gasteiger charge is -2.20. The summed E-state index contributed by atoms with van der Waals surface area (Å²) in [5.41, 5.74) is 1.18. The first-order valence-corrected chi connectivity index (χ1v) is 5.89. The van der Waals surface area contributed by atoms with Crippen LogP contribution in [0.25, 0.3) is 0 Å². The molecule has 2 aliphatic rings. The summed E-state index contributed by atoms with van der Waals surface area (Å²) < 4.78 is 37.5. The van der Waals surface area contributed by atoms with E-state index in [0.29, 0.717) is 13.1 Å². The molecular formula is C13H14F3N. The van der Waals surface area contributed by atoms with Crippen LogP contribution in [0.1, 0.15) is 5.56 Å². The van der Waals surface area contributed by atoms with E-state index in [4.69, 9.17) is 0 Å². The van der Waals surface area contributed by atoms with Crippen molar-refractivity contribution in [2.75, 3.05) is 13.1 Å². The molecule has 0 bridgehead atoms. The summed E-state index contributed by atoms with van der Waals surface area (Å²) in [6.45, 7) is 1.98. The van der Waals surface area contributed by atoms with Crippen molar-refractivity contribution in [1.82, 2.24) is 4.90 Å². The summed E-state index contributed by atoms with van der Waals surface area (Å²) in [5.74, 6) is -1.30. The van der Waals surface area contributed by atoms with Gasteiger partial charge < -0.3 is 0 Å². The SMILES string of the molecule is FC(F)(F)C1C2CN(Cc3ccccc3)CC21. The zero-order valence-corrected chi connectivity index (χ0v) is 9.32. The maximum Gasteiger partial charge on any atom is 0.392 e. The van der Waals surface area contributed by atoms with Gasteiger partial charge in [-0.2, -0.15) is 13.2 Å². The summed E-state index contributed by atoms with van der Waals surface area (Å²) in [6.07, 6.45) is -3.98. The molecule has 2 unspecified atom stereocenters. The van der Waals surface area contributed by atoms with Crippen molar-refractivity contribution >= 4 is 0 Å². The molecule has 1 aromatic rings. The Labute approximate surface area is 98.2 Å². The molecule has 0 radical (unpaired) electrons. The van der Waals surface area contributed by atoms with E-state index in [1.165, 1.54) is 5.56 Å². The molecule has 1 nitrogen and oxygen atoms in total. The molecule has 2 fully saturated rings. The fourth-order valence-corrected chi connectivity index (χ4v) is 3.07. The third-order valence-electron chi connectivity index (χ3n) is 3.90. The molecule has 1 heterocycles. The van der Waals surface area contributed by atoms with Gasteiger partial charge in [0.25, 0.3) is 0 Å². The molecule has 0 N–H and O–H groups in total. The van der Waals surface area contributed by atoms with Crippen molar-refractivity contribution in [2.24, 2.45) is 17.8 Å². The molecule has 4 heteroatoms. The summed E-state index contributed by atoms with van der Waals surface area (Å²) in [4.78, 5) is 2.13. The van der Waals surface area contributed by atoms with Gasteiger partial charge in [-0.25, -0.2) is 0 Å². The first kappa shape index (κ1) is 11.1. The maximum atomic E-state index is 12.5. The number of halogens is 3. The number of piperidine rings is 1. The van der Waals surface area contributed by atoms with Crippen molar-refractivity contribution in [3.63, 3.8) is 0 Å². The lowest BCUT2D eigenvalue weighted by molar-refractivity contribution is -0.157. The van der Waals surface area contributed by atoms with Crippen LogP contribution in [0.2, 0.25) is 0 Å². The van der Waals surface area contributed by atoms with Crippen molar-refractivity contribution in [1.29, 1.82) is 0 Å². The molecule has 1 aromatic carbocycles. The Morgan fingerprint density at radius 3 is 2.18 bits per heavy atom. The number of alkyl halides is 3. The topological polar surface area (TPSA) is 3.24 Å². The molecule has 92 valence electrons. The monoisotopic (exact) mass is 241 g/mol. The zero-order valence-electron chi connectivity index (χ0n) is 9.32. The Hall–Kier alpha value is -1.03. The number of hydrogen-bond acceptors (Lipinski definition) is 1. The minimum atomic E-state index is -3.98. The quantitative estimate of drug-likeness (QED) is 0.769. The Bertz CT molecular complexity index is 389. The third-order valence-corrected chi connectivity index (χ3v) is 3.90. The highest BCUT2D eigenvalue weighted by Gasteiger charge is 2.66. The number of fused-ring (bicyclic) bond motifs is 1. The lowest BCUT2D eigenvalue weighted by Crippen LogP contribution is -2.28. The number of likely N-dealkylation sites (tertiary alicyclic amines) is 1. The largest absolute Gasteiger partial charge is 0.392 e. The predicted octanol–water partition coefficient (Wildman–Crippen LogP) is 2.93. The summed E-state index contributed by atoms with van der Waals surface area (Å²) >= 11 is 0. The lowest BCUT2D eigenvalue weighted by atomic mass is 10.2. The molecule has 1 saturated heterocycles. The molecule has 1 aliphatic carbocycles. The van der Waals surface area contributed by atoms with Crippen LogP contribution >= 0.6 is 0 Å². The normalized spacial score (nSPS) is 32.5. The summed E-state index contributed by atoms with van der Waals surface area (Å²) in [7, 11) is 0. The van der Waals surface area contributed by atoms with Gasteiger partial charge in [-0.1, -0.05) is 30.3 Å². The summed E-state index contributed by atoms with van der Waals surface area (Å²) in [6, 6.07) is 9.91. The molecule has 0 spiro atoms. The van der Waals surface area contributed by atoms with Gasteiger partial charge in [-0.05, 0) is 17.4 Å². The van der Waals surface area contributed by atoms with E-state index in [2.05, 4.69) is 4.90 Å². The van der Waals surface area contributed by atoms with E-state index in [9.17, 15) is 13.2 Å². The van der Waals surface area contributed by atoms with Crippen LogP contribution < -0.4 is 0 Å². The van der Waals surface area contributed by atoms with Crippen LogP contribution in [-0.4, -0.2) is 24.2 Å². The van der Waals surface area contributed by atoms with Crippen LogP contribution in [0.15, 0.2) is 30.3 Å². The second kappa shape index (κ2) is 3.73. The average Bonchev–Trinajstić information content (AvgIpc) is 2.80. The molecular weight excluding hydrogens is 227 g/mol. The Kier molecular flexibility index (Phi) is 2.43. The molecule has 2 atom stereocenters. The van der Waals surface area contributed by atoms with Crippen LogP contribution in [0.5, 0.6) is 0 Å². The second-order valence-corrected chi connectivity index (χ2v) is 5.07. The Balaban J connectivity index is 1.56. The smallest absolute Gasteiger partial charge is 0.298 e.